The minimum absolute atomic E-state index is 0.0304. The number of aromatic amines is 1. The Bertz CT molecular complexity index is 816. The molecule has 0 saturated heterocycles. The van der Waals surface area contributed by atoms with Gasteiger partial charge >= 0.3 is 0 Å². The zero-order valence-electron chi connectivity index (χ0n) is 14.2. The fourth-order valence-corrected chi connectivity index (χ4v) is 3.93. The van der Waals surface area contributed by atoms with Crippen molar-refractivity contribution in [2.75, 3.05) is 12.8 Å². The molecule has 0 atom stereocenters. The summed E-state index contributed by atoms with van der Waals surface area (Å²) >= 11 is 8.78. The lowest BCUT2D eigenvalue weighted by Gasteiger charge is -2.20. The van der Waals surface area contributed by atoms with E-state index < -0.39 is 0 Å². The molecule has 8 heteroatoms. The van der Waals surface area contributed by atoms with Crippen LogP contribution in [0, 0.1) is 6.92 Å². The number of rotatable bonds is 8. The fourth-order valence-electron chi connectivity index (χ4n) is 2.40. The van der Waals surface area contributed by atoms with Crippen LogP contribution in [0.3, 0.4) is 0 Å². The lowest BCUT2D eigenvalue weighted by Crippen LogP contribution is -2.31. The van der Waals surface area contributed by atoms with Crippen LogP contribution in [0.2, 0.25) is 4.34 Å². The number of H-pyrrole nitrogens is 1. The van der Waals surface area contributed by atoms with E-state index in [-0.39, 0.29) is 17.9 Å². The summed E-state index contributed by atoms with van der Waals surface area (Å²) in [6, 6.07) is 3.73. The maximum absolute atomic E-state index is 12.6. The number of hydrogen-bond acceptors (Lipinski definition) is 5. The van der Waals surface area contributed by atoms with Crippen molar-refractivity contribution in [2.45, 2.75) is 31.5 Å². The van der Waals surface area contributed by atoms with Gasteiger partial charge in [0.2, 0.25) is 5.91 Å². The molecule has 0 aliphatic heterocycles. The Morgan fingerprint density at radius 2 is 2.28 bits per heavy atom. The van der Waals surface area contributed by atoms with Crippen molar-refractivity contribution in [1.29, 1.82) is 0 Å². The van der Waals surface area contributed by atoms with Crippen LogP contribution in [0.4, 0.5) is 0 Å². The van der Waals surface area contributed by atoms with Gasteiger partial charge in [0.1, 0.15) is 0 Å². The smallest absolute Gasteiger partial charge is 0.254 e. The first-order valence-electron chi connectivity index (χ1n) is 7.71. The highest BCUT2D eigenvalue weighted by atomic mass is 35.5. The monoisotopic (exact) mass is 397 g/mol. The summed E-state index contributed by atoms with van der Waals surface area (Å²) in [7, 11) is 0. The third-order valence-electron chi connectivity index (χ3n) is 3.66. The number of thioether (sulfide) groups is 1. The van der Waals surface area contributed by atoms with Crippen LogP contribution in [-0.2, 0) is 17.8 Å². The molecule has 2 rings (SSSR count). The molecule has 5 nitrogen and oxygen atoms in total. The molecular weight excluding hydrogens is 378 g/mol. The molecule has 1 amide bonds. The van der Waals surface area contributed by atoms with Gasteiger partial charge in [-0.15, -0.1) is 17.9 Å². The predicted octanol–water partition coefficient (Wildman–Crippen LogP) is 3.66. The highest BCUT2D eigenvalue weighted by Crippen LogP contribution is 2.23. The van der Waals surface area contributed by atoms with E-state index in [1.807, 2.05) is 18.4 Å². The SMILES string of the molecule is C=CCN(Cc1ccc(Cl)s1)C(=O)CCc1c(C)nc(SC)[nH]c1=O. The van der Waals surface area contributed by atoms with E-state index in [0.717, 1.165) is 4.88 Å². The van der Waals surface area contributed by atoms with Crippen molar-refractivity contribution < 1.29 is 4.79 Å². The number of nitrogens with zero attached hydrogens (tertiary/aromatic N) is 2. The molecular formula is C17H20ClN3O2S2. The summed E-state index contributed by atoms with van der Waals surface area (Å²) in [5, 5.41) is 0.584. The quantitative estimate of drug-likeness (QED) is 0.419. The topological polar surface area (TPSA) is 66.1 Å². The molecule has 0 aromatic carbocycles. The average Bonchev–Trinajstić information content (AvgIpc) is 2.98. The molecule has 0 unspecified atom stereocenters. The maximum atomic E-state index is 12.6. The number of halogens is 1. The summed E-state index contributed by atoms with van der Waals surface area (Å²) < 4.78 is 0.697. The van der Waals surface area contributed by atoms with Crippen molar-refractivity contribution in [3.05, 3.63) is 55.6 Å². The molecule has 0 aliphatic rings. The van der Waals surface area contributed by atoms with Gasteiger partial charge in [-0.25, -0.2) is 4.98 Å². The van der Waals surface area contributed by atoms with Crippen LogP contribution in [0.5, 0.6) is 0 Å². The van der Waals surface area contributed by atoms with E-state index in [1.165, 1.54) is 23.1 Å². The Morgan fingerprint density at radius 3 is 2.84 bits per heavy atom. The largest absolute Gasteiger partial charge is 0.334 e. The molecule has 0 radical (unpaired) electrons. The zero-order chi connectivity index (χ0) is 18.4. The summed E-state index contributed by atoms with van der Waals surface area (Å²) in [6.07, 6.45) is 4.16. The number of carbonyl (C=O) groups is 1. The first-order valence-corrected chi connectivity index (χ1v) is 10.1. The van der Waals surface area contributed by atoms with Crippen LogP contribution >= 0.6 is 34.7 Å². The second kappa shape index (κ2) is 9.22. The summed E-state index contributed by atoms with van der Waals surface area (Å²) in [4.78, 5) is 34.5. The molecule has 1 N–H and O–H groups in total. The second-order valence-corrected chi connectivity index (χ2v) is 8.00. The van der Waals surface area contributed by atoms with E-state index in [2.05, 4.69) is 16.5 Å². The minimum atomic E-state index is -0.176. The van der Waals surface area contributed by atoms with E-state index in [4.69, 9.17) is 11.6 Å². The summed E-state index contributed by atoms with van der Waals surface area (Å²) in [5.41, 5.74) is 1.05. The zero-order valence-corrected chi connectivity index (χ0v) is 16.6. The van der Waals surface area contributed by atoms with Crippen LogP contribution in [0.15, 0.2) is 34.7 Å². The molecule has 25 heavy (non-hydrogen) atoms. The number of aromatic nitrogens is 2. The van der Waals surface area contributed by atoms with Gasteiger partial charge < -0.3 is 9.88 Å². The Labute approximate surface area is 160 Å². The van der Waals surface area contributed by atoms with Crippen LogP contribution in [-0.4, -0.2) is 33.6 Å². The van der Waals surface area contributed by atoms with Gasteiger partial charge in [0.05, 0.1) is 10.9 Å². The van der Waals surface area contributed by atoms with Gasteiger partial charge in [-0.1, -0.05) is 29.4 Å². The van der Waals surface area contributed by atoms with Gasteiger partial charge in [0.15, 0.2) is 5.16 Å². The molecule has 0 fully saturated rings. The van der Waals surface area contributed by atoms with E-state index in [0.29, 0.717) is 40.3 Å². The van der Waals surface area contributed by atoms with Crippen molar-refractivity contribution in [3.63, 3.8) is 0 Å². The Balaban J connectivity index is 2.06. The first kappa shape index (κ1) is 19.8. The number of aryl methyl sites for hydroxylation is 1. The Kier molecular flexibility index (Phi) is 7.28. The van der Waals surface area contributed by atoms with Crippen molar-refractivity contribution in [3.8, 4) is 0 Å². The lowest BCUT2D eigenvalue weighted by molar-refractivity contribution is -0.131. The maximum Gasteiger partial charge on any atom is 0.254 e. The van der Waals surface area contributed by atoms with Crippen molar-refractivity contribution in [2.24, 2.45) is 0 Å². The highest BCUT2D eigenvalue weighted by molar-refractivity contribution is 7.98. The van der Waals surface area contributed by atoms with Crippen molar-refractivity contribution in [1.82, 2.24) is 14.9 Å². The van der Waals surface area contributed by atoms with Crippen LogP contribution in [0.1, 0.15) is 22.6 Å². The van der Waals surface area contributed by atoms with Gasteiger partial charge in [0, 0.05) is 29.1 Å². The summed E-state index contributed by atoms with van der Waals surface area (Å²) in [6.45, 7) is 6.45. The lowest BCUT2D eigenvalue weighted by atomic mass is 10.1. The Hall–Kier alpha value is -1.57. The molecule has 0 spiro atoms. The third kappa shape index (κ3) is 5.45. The molecule has 0 saturated carbocycles. The second-order valence-electron chi connectivity index (χ2n) is 5.41. The minimum Gasteiger partial charge on any atom is -0.334 e. The molecule has 0 bridgehead atoms. The average molecular weight is 398 g/mol. The molecule has 2 heterocycles. The van der Waals surface area contributed by atoms with E-state index in [9.17, 15) is 9.59 Å². The fraction of sp³-hybridized carbons (Fsp3) is 0.353. The van der Waals surface area contributed by atoms with Crippen LogP contribution in [0.25, 0.3) is 0 Å². The third-order valence-corrected chi connectivity index (χ3v) is 5.46. The van der Waals surface area contributed by atoms with Crippen molar-refractivity contribution >= 4 is 40.6 Å². The summed E-state index contributed by atoms with van der Waals surface area (Å²) in [5.74, 6) is -0.0304. The number of hydrogen-bond donors (Lipinski definition) is 1. The van der Waals surface area contributed by atoms with Gasteiger partial charge in [-0.3, -0.25) is 9.59 Å². The van der Waals surface area contributed by atoms with Gasteiger partial charge in [-0.05, 0) is 31.7 Å². The molecule has 134 valence electrons. The molecule has 0 aliphatic carbocycles. The normalized spacial score (nSPS) is 10.7. The Morgan fingerprint density at radius 1 is 1.52 bits per heavy atom. The van der Waals surface area contributed by atoms with Crippen LogP contribution < -0.4 is 5.56 Å². The van der Waals surface area contributed by atoms with Gasteiger partial charge in [0.25, 0.3) is 5.56 Å². The first-order chi connectivity index (χ1) is 11.9. The van der Waals surface area contributed by atoms with E-state index in [1.54, 1.807) is 17.9 Å². The number of carbonyl (C=O) groups excluding carboxylic acids is 1. The number of thiophene rings is 1. The molecule has 2 aromatic heterocycles. The number of amides is 1. The number of nitrogens with one attached hydrogen (secondary N) is 1. The van der Waals surface area contributed by atoms with Gasteiger partial charge in [-0.2, -0.15) is 0 Å². The standard InChI is InChI=1S/C17H20ClN3O2S2/c1-4-9-21(10-12-5-7-14(18)25-12)15(22)8-6-13-11(2)19-17(24-3)20-16(13)23/h4-5,7H,1,6,8-10H2,2-3H3,(H,19,20,23). The highest BCUT2D eigenvalue weighted by Gasteiger charge is 2.16. The molecule has 2 aromatic rings. The predicted molar refractivity (Wildman–Crippen MR) is 105 cm³/mol. The van der Waals surface area contributed by atoms with E-state index >= 15 is 0 Å².